The second-order valence-electron chi connectivity index (χ2n) is 10.1. The summed E-state index contributed by atoms with van der Waals surface area (Å²) < 4.78 is 13.2. The van der Waals surface area contributed by atoms with Gasteiger partial charge < -0.3 is 9.16 Å². The molecule has 0 heterocycles. The molecule has 2 nitrogen and oxygen atoms in total. The molecule has 0 saturated carbocycles. The minimum atomic E-state index is -1.88. The normalized spacial score (nSPS) is 13.3. The predicted molar refractivity (Wildman–Crippen MR) is 141 cm³/mol. The van der Waals surface area contributed by atoms with Gasteiger partial charge in [-0.15, -0.1) is 0 Å². The number of rotatable bonds is 15. The quantitative estimate of drug-likeness (QED) is 0.198. The highest BCUT2D eigenvalue weighted by molar-refractivity contribution is 6.77. The second-order valence-corrected chi connectivity index (χ2v) is 15.5. The maximum Gasteiger partial charge on any atom is 0.200 e. The Kier molecular flexibility index (Phi) is 11.7. The minimum absolute atomic E-state index is 0.331. The molecule has 2 rings (SSSR count). The average Bonchev–Trinajstić information content (AvgIpc) is 2.77. The van der Waals surface area contributed by atoms with E-state index in [-0.39, 0.29) is 0 Å². The predicted octanol–water partition coefficient (Wildman–Crippen LogP) is 8.57. The molecule has 0 aliphatic rings. The molecule has 0 fully saturated rings. The van der Waals surface area contributed by atoms with Crippen LogP contribution in [-0.4, -0.2) is 21.0 Å². The number of aryl methyl sites for hydroxylation is 1. The molecule has 0 aliphatic heterocycles. The lowest BCUT2D eigenvalue weighted by molar-refractivity contribution is 0.0953. The Morgan fingerprint density at radius 2 is 1.16 bits per heavy atom. The van der Waals surface area contributed by atoms with Crippen molar-refractivity contribution in [1.82, 2.24) is 0 Å². The van der Waals surface area contributed by atoms with Gasteiger partial charge in [0.2, 0.25) is 8.32 Å². The van der Waals surface area contributed by atoms with E-state index >= 15 is 0 Å². The Balaban J connectivity index is 1.95. The molecular weight excluding hydrogens is 408 g/mol. The molecule has 32 heavy (non-hydrogen) atoms. The fourth-order valence-corrected chi connectivity index (χ4v) is 10.9. The van der Waals surface area contributed by atoms with Crippen molar-refractivity contribution < 1.29 is 9.16 Å². The van der Waals surface area contributed by atoms with Crippen molar-refractivity contribution >= 4 is 8.32 Å². The fraction of sp³-hybridized carbons (Fsp3) is 0.586. The van der Waals surface area contributed by atoms with Gasteiger partial charge >= 0.3 is 0 Å². The molecule has 0 amide bonds. The SMILES string of the molecule is CC(C)[Si](OC(CCCOCc1ccccc1)CCCc1ccccc1)(C(C)C)C(C)C. The summed E-state index contributed by atoms with van der Waals surface area (Å²) in [5.41, 5.74) is 4.53. The topological polar surface area (TPSA) is 18.5 Å². The Bertz CT molecular complexity index is 706. The first kappa shape index (κ1) is 26.8. The average molecular weight is 455 g/mol. The van der Waals surface area contributed by atoms with Crippen molar-refractivity contribution in [3.8, 4) is 0 Å². The molecule has 1 atom stereocenters. The van der Waals surface area contributed by atoms with Gasteiger partial charge in [-0.05, 0) is 59.9 Å². The number of hydrogen-bond acceptors (Lipinski definition) is 2. The molecule has 178 valence electrons. The van der Waals surface area contributed by atoms with Crippen LogP contribution >= 0.6 is 0 Å². The number of hydrogen-bond donors (Lipinski definition) is 0. The third kappa shape index (κ3) is 8.17. The van der Waals surface area contributed by atoms with Crippen LogP contribution in [0.2, 0.25) is 16.6 Å². The van der Waals surface area contributed by atoms with Crippen LogP contribution in [0.4, 0.5) is 0 Å². The Morgan fingerprint density at radius 1 is 0.656 bits per heavy atom. The summed E-state index contributed by atoms with van der Waals surface area (Å²) in [6.07, 6.45) is 5.92. The van der Waals surface area contributed by atoms with E-state index in [1.165, 1.54) is 17.5 Å². The molecule has 0 bridgehead atoms. The summed E-state index contributed by atoms with van der Waals surface area (Å²) in [4.78, 5) is 0. The van der Waals surface area contributed by atoms with E-state index in [0.717, 1.165) is 32.3 Å². The van der Waals surface area contributed by atoms with Crippen LogP contribution in [0.25, 0.3) is 0 Å². The lowest BCUT2D eigenvalue weighted by Gasteiger charge is -2.45. The number of ether oxygens (including phenoxy) is 1. The van der Waals surface area contributed by atoms with Crippen molar-refractivity contribution in [3.05, 3.63) is 71.8 Å². The van der Waals surface area contributed by atoms with Crippen LogP contribution in [-0.2, 0) is 22.2 Å². The Hall–Kier alpha value is -1.42. The fourth-order valence-electron chi connectivity index (χ4n) is 5.31. The van der Waals surface area contributed by atoms with Gasteiger partial charge in [-0.1, -0.05) is 102 Å². The van der Waals surface area contributed by atoms with E-state index in [4.69, 9.17) is 9.16 Å². The number of benzene rings is 2. The Morgan fingerprint density at radius 3 is 1.69 bits per heavy atom. The third-order valence-electron chi connectivity index (χ3n) is 6.84. The molecule has 0 aromatic heterocycles. The molecular formula is C29H46O2Si. The van der Waals surface area contributed by atoms with Gasteiger partial charge in [0.1, 0.15) is 0 Å². The van der Waals surface area contributed by atoms with Gasteiger partial charge in [-0.3, -0.25) is 0 Å². The smallest absolute Gasteiger partial charge is 0.200 e. The Labute approximate surface area is 198 Å². The van der Waals surface area contributed by atoms with Gasteiger partial charge in [0.15, 0.2) is 0 Å². The highest BCUT2D eigenvalue weighted by atomic mass is 28.4. The molecule has 0 saturated heterocycles. The summed E-state index contributed by atoms with van der Waals surface area (Å²) >= 11 is 0. The lowest BCUT2D eigenvalue weighted by Crippen LogP contribution is -2.50. The molecule has 0 N–H and O–H groups in total. The summed E-state index contributed by atoms with van der Waals surface area (Å²) in [7, 11) is -1.88. The highest BCUT2D eigenvalue weighted by Gasteiger charge is 2.46. The zero-order valence-corrected chi connectivity index (χ0v) is 22.3. The van der Waals surface area contributed by atoms with Gasteiger partial charge in [0, 0.05) is 12.7 Å². The van der Waals surface area contributed by atoms with Crippen molar-refractivity contribution in [2.24, 2.45) is 0 Å². The van der Waals surface area contributed by atoms with Crippen molar-refractivity contribution in [2.45, 2.75) is 103 Å². The summed E-state index contributed by atoms with van der Waals surface area (Å²) in [6, 6.07) is 21.3. The largest absolute Gasteiger partial charge is 0.413 e. The van der Waals surface area contributed by atoms with Crippen molar-refractivity contribution in [1.29, 1.82) is 0 Å². The summed E-state index contributed by atoms with van der Waals surface area (Å²) in [5, 5.41) is 0. The van der Waals surface area contributed by atoms with Crippen LogP contribution in [0.1, 0.15) is 78.4 Å². The third-order valence-corrected chi connectivity index (χ3v) is 13.0. The van der Waals surface area contributed by atoms with E-state index in [9.17, 15) is 0 Å². The van der Waals surface area contributed by atoms with Crippen LogP contribution in [0.3, 0.4) is 0 Å². The lowest BCUT2D eigenvalue weighted by atomic mass is 10.0. The first-order valence-corrected chi connectivity index (χ1v) is 14.8. The van der Waals surface area contributed by atoms with E-state index in [0.29, 0.717) is 29.3 Å². The van der Waals surface area contributed by atoms with Crippen molar-refractivity contribution in [3.63, 3.8) is 0 Å². The zero-order valence-electron chi connectivity index (χ0n) is 21.3. The maximum absolute atomic E-state index is 7.21. The maximum atomic E-state index is 7.21. The first-order valence-electron chi connectivity index (χ1n) is 12.7. The monoisotopic (exact) mass is 454 g/mol. The van der Waals surface area contributed by atoms with E-state index in [2.05, 4.69) is 102 Å². The minimum Gasteiger partial charge on any atom is -0.413 e. The first-order chi connectivity index (χ1) is 15.4. The van der Waals surface area contributed by atoms with Gasteiger partial charge in [0.25, 0.3) is 0 Å². The van der Waals surface area contributed by atoms with Gasteiger partial charge in [-0.2, -0.15) is 0 Å². The standard InChI is InChI=1S/C29H46O2Si/c1-24(2)32(25(3)4,26(5)6)31-29(20-13-19-27-15-9-7-10-16-27)21-14-22-30-23-28-17-11-8-12-18-28/h7-12,15-18,24-26,29H,13-14,19-23H2,1-6H3. The van der Waals surface area contributed by atoms with E-state index in [1.54, 1.807) is 0 Å². The van der Waals surface area contributed by atoms with Gasteiger partial charge in [0.05, 0.1) is 6.61 Å². The zero-order chi connectivity index (χ0) is 23.4. The second kappa shape index (κ2) is 14.0. The van der Waals surface area contributed by atoms with E-state index < -0.39 is 8.32 Å². The molecule has 0 radical (unpaired) electrons. The highest BCUT2D eigenvalue weighted by Crippen LogP contribution is 2.43. The van der Waals surface area contributed by atoms with Crippen LogP contribution in [0.5, 0.6) is 0 Å². The van der Waals surface area contributed by atoms with Gasteiger partial charge in [-0.25, -0.2) is 0 Å². The molecule has 2 aromatic rings. The summed E-state index contributed by atoms with van der Waals surface area (Å²) in [6.45, 7) is 15.8. The summed E-state index contributed by atoms with van der Waals surface area (Å²) in [5.74, 6) is 0. The van der Waals surface area contributed by atoms with Crippen molar-refractivity contribution in [2.75, 3.05) is 6.61 Å². The molecule has 0 aliphatic carbocycles. The molecule has 0 spiro atoms. The van der Waals surface area contributed by atoms with E-state index in [1.807, 2.05) is 0 Å². The van der Waals surface area contributed by atoms with Crippen LogP contribution in [0, 0.1) is 0 Å². The molecule has 2 aromatic carbocycles. The molecule has 1 unspecified atom stereocenters. The van der Waals surface area contributed by atoms with Crippen LogP contribution < -0.4 is 0 Å². The van der Waals surface area contributed by atoms with Crippen LogP contribution in [0.15, 0.2) is 60.7 Å². The molecule has 3 heteroatoms.